The highest BCUT2D eigenvalue weighted by atomic mass is 16.8. The first-order chi connectivity index (χ1) is 46.3. The summed E-state index contributed by atoms with van der Waals surface area (Å²) >= 11 is 0. The van der Waals surface area contributed by atoms with Crippen LogP contribution in [0.5, 0.6) is 0 Å². The third-order valence-electron chi connectivity index (χ3n) is 18.2. The number of aliphatic hydroxyl groups excluding tert-OH is 11. The largest absolute Gasteiger partial charge is 0.394 e. The predicted molar refractivity (Wildman–Crippen MR) is 374 cm³/mol. The van der Waals surface area contributed by atoms with E-state index in [0.29, 0.717) is 12.8 Å². The van der Waals surface area contributed by atoms with Crippen molar-refractivity contribution in [1.82, 2.24) is 5.32 Å². The summed E-state index contributed by atoms with van der Waals surface area (Å²) in [5, 5.41) is 121. The lowest BCUT2D eigenvalue weighted by molar-refractivity contribution is -0.379. The minimum atomic E-state index is -1.99. The molecule has 0 saturated carbocycles. The van der Waals surface area contributed by atoms with Crippen LogP contribution in [0.1, 0.15) is 258 Å². The SMILES string of the molecule is CC/C=C\C/C=C\C/C=C\C/C=C\CCCCCCCCCCCCCCCCCCCCC(=O)NC(COC1OC(CO)C(OC2OC(CO)C(OC3OC(CO)C(O)C(O)C3O)C(O)C2O)C(O)C1O)C(O)/C=C/CC/C=C/CC/C=C/CCCCCCCCCCC. The molecule has 0 aromatic heterocycles. The summed E-state index contributed by atoms with van der Waals surface area (Å²) in [6, 6.07) is -1.000. The van der Waals surface area contributed by atoms with Crippen molar-refractivity contribution < 1.29 is 89.4 Å². The second-order valence-electron chi connectivity index (χ2n) is 26.4. The zero-order valence-corrected chi connectivity index (χ0v) is 58.4. The first-order valence-electron chi connectivity index (χ1n) is 37.3. The van der Waals surface area contributed by atoms with Gasteiger partial charge in [-0.2, -0.15) is 0 Å². The van der Waals surface area contributed by atoms with E-state index in [-0.39, 0.29) is 18.9 Å². The lowest BCUT2D eigenvalue weighted by atomic mass is 9.96. The van der Waals surface area contributed by atoms with Gasteiger partial charge in [-0.15, -0.1) is 0 Å². The van der Waals surface area contributed by atoms with Crippen LogP contribution in [0.2, 0.25) is 0 Å². The Kier molecular flexibility index (Phi) is 51.4. The number of rotatable bonds is 57. The number of nitrogens with one attached hydrogen (secondary N) is 1. The van der Waals surface area contributed by atoms with Gasteiger partial charge in [-0.1, -0.05) is 253 Å². The van der Waals surface area contributed by atoms with E-state index in [1.54, 1.807) is 6.08 Å². The summed E-state index contributed by atoms with van der Waals surface area (Å²) in [5.41, 5.74) is 0. The average Bonchev–Trinajstić information content (AvgIpc) is 0.787. The Labute approximate surface area is 571 Å². The Bertz CT molecular complexity index is 2050. The number of carbonyl (C=O) groups excluding carboxylic acids is 1. The quantitative estimate of drug-likeness (QED) is 0.0199. The molecule has 0 bridgehead atoms. The van der Waals surface area contributed by atoms with Gasteiger partial charge in [0.1, 0.15) is 73.2 Å². The molecule has 0 aromatic carbocycles. The molecule has 17 atom stereocenters. The third kappa shape index (κ3) is 37.8. The molecule has 3 aliphatic heterocycles. The van der Waals surface area contributed by atoms with Gasteiger partial charge in [-0.25, -0.2) is 0 Å². The minimum absolute atomic E-state index is 0.230. The van der Waals surface area contributed by atoms with Crippen LogP contribution in [0.15, 0.2) is 85.1 Å². The maximum Gasteiger partial charge on any atom is 0.220 e. The highest BCUT2D eigenvalue weighted by molar-refractivity contribution is 5.76. The van der Waals surface area contributed by atoms with Gasteiger partial charge in [0.2, 0.25) is 5.91 Å². The summed E-state index contributed by atoms with van der Waals surface area (Å²) in [7, 11) is 0. The summed E-state index contributed by atoms with van der Waals surface area (Å²) in [6.07, 6.45) is 47.1. The van der Waals surface area contributed by atoms with Gasteiger partial charge in [0.25, 0.3) is 0 Å². The fourth-order valence-corrected chi connectivity index (χ4v) is 12.2. The number of ether oxygens (including phenoxy) is 6. The number of hydrogen-bond acceptors (Lipinski definition) is 18. The number of allylic oxidation sites excluding steroid dienone is 13. The summed E-state index contributed by atoms with van der Waals surface area (Å²) in [4.78, 5) is 13.4. The number of carbonyl (C=O) groups is 1. The molecular weight excluding hydrogens is 1210 g/mol. The van der Waals surface area contributed by atoms with Gasteiger partial charge >= 0.3 is 0 Å². The van der Waals surface area contributed by atoms with Crippen molar-refractivity contribution in [3.8, 4) is 0 Å². The molecule has 0 aromatic rings. The minimum Gasteiger partial charge on any atom is -0.394 e. The van der Waals surface area contributed by atoms with Crippen molar-refractivity contribution in [2.45, 2.75) is 362 Å². The molecule has 550 valence electrons. The molecule has 1 amide bonds. The highest BCUT2D eigenvalue weighted by Gasteiger charge is 2.53. The van der Waals surface area contributed by atoms with Crippen LogP contribution in [-0.2, 0) is 33.2 Å². The van der Waals surface area contributed by atoms with Crippen molar-refractivity contribution in [2.75, 3.05) is 26.4 Å². The Morgan fingerprint density at radius 2 is 0.737 bits per heavy atom. The van der Waals surface area contributed by atoms with Gasteiger partial charge in [0.05, 0.1) is 38.6 Å². The number of amides is 1. The molecule has 3 saturated heterocycles. The van der Waals surface area contributed by atoms with Gasteiger partial charge in [0, 0.05) is 6.42 Å². The maximum absolute atomic E-state index is 13.4. The standard InChI is InChI=1S/C76H133NO18/c1-3-5-7-9-11-13-15-17-19-21-23-24-25-26-27-28-29-30-31-32-33-34-36-38-40-42-44-46-48-50-52-54-64(82)77-59(60(81)53-51-49-47-45-43-41-39-37-35-22-20-18-16-14-12-10-8-6-4-2)58-90-74-70(88)67(85)72(62(56-79)92-74)95-76-71(89)68(86)73(63(57-80)93-76)94-75-69(87)66(84)65(83)61(55-78)91-75/h5,7,11,13,17,19,23-24,35,37,43,45,51,53,59-63,65-76,78-81,83-89H,3-4,6,8-10,12,14-16,18,20-22,25-34,36,38-42,44,46-50,52,54-58H2,1-2H3,(H,77,82)/b7-5-,13-11-,19-17-,24-23-,37-35+,45-43+,53-51+. The van der Waals surface area contributed by atoms with Crippen LogP contribution >= 0.6 is 0 Å². The summed E-state index contributed by atoms with van der Waals surface area (Å²) < 4.78 is 34.4. The molecule has 0 radical (unpaired) electrons. The first kappa shape index (κ1) is 86.2. The molecule has 0 spiro atoms. The smallest absolute Gasteiger partial charge is 0.220 e. The van der Waals surface area contributed by atoms with E-state index in [4.69, 9.17) is 28.4 Å². The lowest BCUT2D eigenvalue weighted by Gasteiger charge is -2.48. The van der Waals surface area contributed by atoms with Crippen LogP contribution in [0.3, 0.4) is 0 Å². The fourth-order valence-electron chi connectivity index (χ4n) is 12.2. The van der Waals surface area contributed by atoms with Gasteiger partial charge in [-0.05, 0) is 83.5 Å². The molecular formula is C76H133NO18. The van der Waals surface area contributed by atoms with Crippen molar-refractivity contribution in [1.29, 1.82) is 0 Å². The van der Waals surface area contributed by atoms with E-state index in [1.165, 1.54) is 154 Å². The fraction of sp³-hybridized carbons (Fsp3) is 0.803. The highest BCUT2D eigenvalue weighted by Crippen LogP contribution is 2.33. The zero-order chi connectivity index (χ0) is 68.9. The Balaban J connectivity index is 1.39. The maximum atomic E-state index is 13.4. The molecule has 3 rings (SSSR count). The van der Waals surface area contributed by atoms with E-state index < -0.39 is 124 Å². The third-order valence-corrected chi connectivity index (χ3v) is 18.2. The topological polar surface area (TPSA) is 307 Å². The molecule has 0 aliphatic carbocycles. The summed E-state index contributed by atoms with van der Waals surface area (Å²) in [5.74, 6) is -0.289. The molecule has 12 N–H and O–H groups in total. The molecule has 19 nitrogen and oxygen atoms in total. The molecule has 3 fully saturated rings. The normalized spacial score (nSPS) is 27.7. The van der Waals surface area contributed by atoms with Crippen LogP contribution < -0.4 is 5.32 Å². The van der Waals surface area contributed by atoms with E-state index >= 15 is 0 Å². The number of unbranched alkanes of at least 4 members (excludes halogenated alkanes) is 29. The molecule has 95 heavy (non-hydrogen) atoms. The zero-order valence-electron chi connectivity index (χ0n) is 58.4. The van der Waals surface area contributed by atoms with Crippen molar-refractivity contribution in [2.24, 2.45) is 0 Å². The van der Waals surface area contributed by atoms with E-state index in [1.807, 2.05) is 6.08 Å². The molecule has 3 heterocycles. The van der Waals surface area contributed by atoms with E-state index in [9.17, 15) is 61.0 Å². The van der Waals surface area contributed by atoms with E-state index in [2.05, 4.69) is 92.1 Å². The Hall–Kier alpha value is -3.03. The first-order valence-corrected chi connectivity index (χ1v) is 37.3. The average molecular weight is 1350 g/mol. The molecule has 19 heteroatoms. The second kappa shape index (κ2) is 56.7. The van der Waals surface area contributed by atoms with E-state index in [0.717, 1.165) is 70.6 Å². The van der Waals surface area contributed by atoms with Gasteiger partial charge in [-0.3, -0.25) is 4.79 Å². The summed E-state index contributed by atoms with van der Waals surface area (Å²) in [6.45, 7) is 1.60. The van der Waals surface area contributed by atoms with Gasteiger partial charge in [0.15, 0.2) is 18.9 Å². The van der Waals surface area contributed by atoms with Crippen LogP contribution in [0.25, 0.3) is 0 Å². The van der Waals surface area contributed by atoms with Crippen LogP contribution in [0.4, 0.5) is 0 Å². The van der Waals surface area contributed by atoms with Crippen molar-refractivity contribution in [3.63, 3.8) is 0 Å². The van der Waals surface area contributed by atoms with Crippen LogP contribution in [-0.4, -0.2) is 193 Å². The number of aliphatic hydroxyl groups is 11. The van der Waals surface area contributed by atoms with Crippen molar-refractivity contribution in [3.05, 3.63) is 85.1 Å². The predicted octanol–water partition coefficient (Wildman–Crippen LogP) is 11.1. The molecule has 3 aliphatic rings. The van der Waals surface area contributed by atoms with Gasteiger partial charge < -0.3 is 89.9 Å². The monoisotopic (exact) mass is 1350 g/mol. The Morgan fingerprint density at radius 1 is 0.389 bits per heavy atom. The second-order valence-corrected chi connectivity index (χ2v) is 26.4. The molecule has 17 unspecified atom stereocenters. The number of hydrogen-bond donors (Lipinski definition) is 12. The van der Waals surface area contributed by atoms with Crippen molar-refractivity contribution >= 4 is 5.91 Å². The van der Waals surface area contributed by atoms with Crippen LogP contribution in [0, 0.1) is 0 Å². The Morgan fingerprint density at radius 3 is 1.18 bits per heavy atom. The lowest BCUT2D eigenvalue weighted by Crippen LogP contribution is -2.66.